The number of nitrogens with two attached hydrogens (primary N) is 1. The summed E-state index contributed by atoms with van der Waals surface area (Å²) >= 11 is 0. The molecule has 4 saturated heterocycles. The van der Waals surface area contributed by atoms with Gasteiger partial charge in [-0.3, -0.25) is 34.5 Å². The Morgan fingerprint density at radius 3 is 2.17 bits per heavy atom. The minimum Gasteiger partial charge on any atom is -0.457 e. The highest BCUT2D eigenvalue weighted by Crippen LogP contribution is 2.35. The number of fused-ring (bicyclic) bond motifs is 2. The van der Waals surface area contributed by atoms with E-state index in [1.165, 1.54) is 12.7 Å². The van der Waals surface area contributed by atoms with Crippen molar-refractivity contribution >= 4 is 46.5 Å². The Bertz CT molecular complexity index is 2490. The van der Waals surface area contributed by atoms with Gasteiger partial charge < -0.3 is 25.2 Å². The van der Waals surface area contributed by atoms with Crippen molar-refractivity contribution in [2.24, 2.45) is 5.92 Å². The van der Waals surface area contributed by atoms with Gasteiger partial charge in [0.25, 0.3) is 11.8 Å². The third kappa shape index (κ3) is 8.98. The summed E-state index contributed by atoms with van der Waals surface area (Å²) in [5.41, 5.74) is 9.98. The second-order valence-corrected chi connectivity index (χ2v) is 17.1. The molecule has 2 aromatic heterocycles. The zero-order valence-corrected chi connectivity index (χ0v) is 35.2. The molecule has 0 aliphatic carbocycles. The molecule has 0 radical (unpaired) electrons. The number of hydrogen-bond acceptors (Lipinski definition) is 11. The molecule has 0 saturated carbocycles. The Morgan fingerprint density at radius 1 is 0.746 bits per heavy atom. The Morgan fingerprint density at radius 2 is 1.44 bits per heavy atom. The van der Waals surface area contributed by atoms with Gasteiger partial charge in [-0.1, -0.05) is 24.3 Å². The summed E-state index contributed by atoms with van der Waals surface area (Å²) in [5, 5.41) is 10.1. The molecule has 326 valence electrons. The van der Waals surface area contributed by atoms with Crippen molar-refractivity contribution in [3.63, 3.8) is 0 Å². The van der Waals surface area contributed by atoms with E-state index in [1.54, 1.807) is 6.07 Å². The SMILES string of the molecule is Nc1ncnc2n[nH]c(-c3ccc(Oc4ccccc4)cc3)c12.O=C1CCC(N2C(=O)c3ccc(C4CCN(CC5CCN(C(=O)N6CCCCC6)CC5)CC4)cc3C2=O)C(=O)N1. The van der Waals surface area contributed by atoms with Gasteiger partial charge in [0, 0.05) is 44.7 Å². The average molecular weight is 853 g/mol. The third-order valence-corrected chi connectivity index (χ3v) is 13.1. The molecule has 10 rings (SSSR count). The fourth-order valence-electron chi connectivity index (χ4n) is 9.55. The van der Waals surface area contributed by atoms with Crippen molar-refractivity contribution < 1.29 is 28.7 Å². The van der Waals surface area contributed by atoms with Crippen LogP contribution in [0.5, 0.6) is 11.5 Å². The molecular weight excluding hydrogens is 801 g/mol. The molecule has 0 bridgehead atoms. The first kappa shape index (κ1) is 41.7. The number of anilines is 1. The van der Waals surface area contributed by atoms with Crippen molar-refractivity contribution in [2.75, 3.05) is 51.5 Å². The number of amides is 6. The van der Waals surface area contributed by atoms with E-state index in [2.05, 4.69) is 35.3 Å². The van der Waals surface area contributed by atoms with Crippen LogP contribution < -0.4 is 15.8 Å². The molecule has 5 aromatic rings. The molecular formula is C47H52N10O6. The molecule has 4 N–H and O–H groups in total. The highest BCUT2D eigenvalue weighted by molar-refractivity contribution is 6.23. The number of para-hydroxylation sites is 1. The third-order valence-electron chi connectivity index (χ3n) is 13.1. The lowest BCUT2D eigenvalue weighted by Gasteiger charge is -2.39. The molecule has 1 atom stereocenters. The first-order valence-electron chi connectivity index (χ1n) is 22.1. The summed E-state index contributed by atoms with van der Waals surface area (Å²) in [4.78, 5) is 78.7. The topological polar surface area (TPSA) is 200 Å². The van der Waals surface area contributed by atoms with Gasteiger partial charge in [0.2, 0.25) is 11.8 Å². The average Bonchev–Trinajstić information content (AvgIpc) is 3.86. The van der Waals surface area contributed by atoms with Crippen molar-refractivity contribution in [1.29, 1.82) is 0 Å². The number of carbonyl (C=O) groups excluding carboxylic acids is 5. The maximum atomic E-state index is 13.2. The van der Waals surface area contributed by atoms with Gasteiger partial charge in [-0.2, -0.15) is 5.10 Å². The van der Waals surface area contributed by atoms with E-state index in [1.807, 2.05) is 71.6 Å². The van der Waals surface area contributed by atoms with Crippen LogP contribution in [-0.4, -0.2) is 121 Å². The van der Waals surface area contributed by atoms with Gasteiger partial charge in [-0.15, -0.1) is 0 Å². The van der Waals surface area contributed by atoms with Gasteiger partial charge in [0.1, 0.15) is 29.7 Å². The highest BCUT2D eigenvalue weighted by atomic mass is 16.5. The first-order valence-corrected chi connectivity index (χ1v) is 22.1. The Balaban J connectivity index is 0.000000185. The van der Waals surface area contributed by atoms with Crippen molar-refractivity contribution in [3.8, 4) is 22.8 Å². The van der Waals surface area contributed by atoms with Crippen LogP contribution in [0.4, 0.5) is 10.6 Å². The van der Waals surface area contributed by atoms with Crippen LogP contribution in [-0.2, 0) is 9.59 Å². The van der Waals surface area contributed by atoms with E-state index < -0.39 is 23.8 Å². The van der Waals surface area contributed by atoms with Crippen LogP contribution in [0.2, 0.25) is 0 Å². The lowest BCUT2D eigenvalue weighted by molar-refractivity contribution is -0.136. The van der Waals surface area contributed by atoms with E-state index in [4.69, 9.17) is 10.5 Å². The number of H-pyrrole nitrogens is 1. The van der Waals surface area contributed by atoms with E-state index >= 15 is 0 Å². The smallest absolute Gasteiger partial charge is 0.319 e. The normalized spacial score (nSPS) is 20.1. The molecule has 63 heavy (non-hydrogen) atoms. The molecule has 5 aliphatic heterocycles. The van der Waals surface area contributed by atoms with Crippen molar-refractivity contribution in [3.05, 3.63) is 95.8 Å². The molecule has 6 amide bonds. The standard InChI is InChI=1S/C30H39N5O5.C17H13N5O/c36-26-7-6-25(27(37)31-26)35-28(38)23-5-4-22(18-24(23)29(35)39)21-10-14-32(15-11-21)19-20-8-16-34(17-9-20)30(40)33-12-2-1-3-13-33;18-16-14-15(21-22-17(14)20-10-19-16)11-6-8-13(9-7-11)23-12-4-2-1-3-5-12/h4-5,18,20-21,25H,1-3,6-17,19H2,(H,31,36,37);1-10H,(H3,18,19,20,21,22). The van der Waals surface area contributed by atoms with E-state index in [0.29, 0.717) is 34.4 Å². The van der Waals surface area contributed by atoms with Crippen LogP contribution in [0.3, 0.4) is 0 Å². The minimum absolute atomic E-state index is 0.115. The maximum Gasteiger partial charge on any atom is 0.319 e. The van der Waals surface area contributed by atoms with Crippen molar-refractivity contribution in [1.82, 2.24) is 45.1 Å². The molecule has 3 aromatic carbocycles. The van der Waals surface area contributed by atoms with Crippen LogP contribution >= 0.6 is 0 Å². The maximum absolute atomic E-state index is 13.2. The van der Waals surface area contributed by atoms with Crippen molar-refractivity contribution in [2.45, 2.75) is 69.7 Å². The van der Waals surface area contributed by atoms with Gasteiger partial charge in [-0.05, 0) is 130 Å². The first-order chi connectivity index (χ1) is 30.7. The number of urea groups is 1. The summed E-state index contributed by atoms with van der Waals surface area (Å²) < 4.78 is 5.79. The molecule has 5 aliphatic rings. The summed E-state index contributed by atoms with van der Waals surface area (Å²) in [6, 6.07) is 22.1. The molecule has 7 heterocycles. The number of imide groups is 2. The van der Waals surface area contributed by atoms with Gasteiger partial charge >= 0.3 is 6.03 Å². The monoisotopic (exact) mass is 852 g/mol. The molecule has 16 heteroatoms. The second kappa shape index (κ2) is 18.3. The Hall–Kier alpha value is -6.68. The number of rotatable bonds is 7. The zero-order valence-electron chi connectivity index (χ0n) is 35.2. The van der Waals surface area contributed by atoms with Crippen LogP contribution in [0.15, 0.2) is 79.1 Å². The predicted octanol–water partition coefficient (Wildman–Crippen LogP) is 5.98. The number of nitrogen functional groups attached to an aromatic ring is 1. The number of aromatic nitrogens is 4. The van der Waals surface area contributed by atoms with Gasteiger partial charge in [0.15, 0.2) is 5.65 Å². The summed E-state index contributed by atoms with van der Waals surface area (Å²) in [6.07, 6.45) is 9.26. The fraction of sp³-hybridized carbons (Fsp3) is 0.404. The number of ether oxygens (including phenoxy) is 1. The minimum atomic E-state index is -0.938. The zero-order chi connectivity index (χ0) is 43.5. The largest absolute Gasteiger partial charge is 0.457 e. The van der Waals surface area contributed by atoms with E-state index in [9.17, 15) is 24.0 Å². The number of likely N-dealkylation sites (tertiary alicyclic amines) is 3. The van der Waals surface area contributed by atoms with Crippen LogP contribution in [0.25, 0.3) is 22.3 Å². The Kier molecular flexibility index (Phi) is 12.1. The molecule has 4 fully saturated rings. The highest BCUT2D eigenvalue weighted by Gasteiger charge is 2.45. The lowest BCUT2D eigenvalue weighted by atomic mass is 9.87. The number of nitrogens with one attached hydrogen (secondary N) is 2. The number of nitrogens with zero attached hydrogens (tertiary/aromatic N) is 7. The van der Waals surface area contributed by atoms with E-state index in [0.717, 1.165) is 123 Å². The summed E-state index contributed by atoms with van der Waals surface area (Å²) in [6.45, 7) is 6.56. The fourth-order valence-corrected chi connectivity index (χ4v) is 9.55. The second-order valence-electron chi connectivity index (χ2n) is 17.1. The van der Waals surface area contributed by atoms with Crippen LogP contribution in [0.1, 0.15) is 90.0 Å². The summed E-state index contributed by atoms with van der Waals surface area (Å²) in [5.74, 6) is 1.03. The van der Waals surface area contributed by atoms with Gasteiger partial charge in [0.05, 0.1) is 22.2 Å². The molecule has 0 spiro atoms. The number of piperidine rings is 4. The number of aromatic amines is 1. The summed E-state index contributed by atoms with van der Waals surface area (Å²) in [7, 11) is 0. The van der Waals surface area contributed by atoms with Gasteiger partial charge in [-0.25, -0.2) is 14.8 Å². The van der Waals surface area contributed by atoms with E-state index in [-0.39, 0.29) is 24.8 Å². The van der Waals surface area contributed by atoms with Crippen LogP contribution in [0, 0.1) is 5.92 Å². The molecule has 16 nitrogen and oxygen atoms in total. The lowest BCUT2D eigenvalue weighted by Crippen LogP contribution is -2.54. The number of carbonyl (C=O) groups is 5. The predicted molar refractivity (Wildman–Crippen MR) is 235 cm³/mol. The quantitative estimate of drug-likeness (QED) is 0.163. The Labute approximate surface area is 365 Å². The number of hydrogen-bond donors (Lipinski definition) is 3. The number of benzene rings is 3. The molecule has 1 unspecified atom stereocenters.